The molecule has 0 aliphatic heterocycles. The first-order valence-corrected chi connectivity index (χ1v) is 8.30. The van der Waals surface area contributed by atoms with E-state index in [-0.39, 0.29) is 5.41 Å². The van der Waals surface area contributed by atoms with Gasteiger partial charge in [0.2, 0.25) is 6.41 Å². The van der Waals surface area contributed by atoms with E-state index in [1.807, 2.05) is 0 Å². The number of amides is 1. The van der Waals surface area contributed by atoms with E-state index in [9.17, 15) is 9.90 Å². The summed E-state index contributed by atoms with van der Waals surface area (Å²) in [6, 6.07) is 17.3. The van der Waals surface area contributed by atoms with Crippen molar-refractivity contribution < 1.29 is 9.90 Å². The van der Waals surface area contributed by atoms with Crippen LogP contribution in [0.4, 0.5) is 0 Å². The quantitative estimate of drug-likeness (QED) is 0.835. The smallest absolute Gasteiger partial charge is 0.207 e. The van der Waals surface area contributed by atoms with Gasteiger partial charge in [-0.25, -0.2) is 0 Å². The van der Waals surface area contributed by atoms with Crippen LogP contribution in [0.1, 0.15) is 47.4 Å². The highest BCUT2D eigenvalue weighted by molar-refractivity contribution is 5.59. The molecule has 3 nitrogen and oxygen atoms in total. The molecule has 1 unspecified atom stereocenters. The predicted octanol–water partition coefficient (Wildman–Crippen LogP) is 2.71. The second kappa shape index (κ2) is 5.50. The molecule has 3 heteroatoms. The van der Waals surface area contributed by atoms with Crippen LogP contribution in [-0.4, -0.2) is 24.2 Å². The number of aliphatic hydroxyl groups is 1. The third kappa shape index (κ3) is 2.11. The Morgan fingerprint density at radius 3 is 2.35 bits per heavy atom. The van der Waals surface area contributed by atoms with Crippen LogP contribution < -0.4 is 5.32 Å². The van der Waals surface area contributed by atoms with Gasteiger partial charge >= 0.3 is 0 Å². The molecule has 0 saturated carbocycles. The van der Waals surface area contributed by atoms with Crippen molar-refractivity contribution >= 4 is 6.41 Å². The Morgan fingerprint density at radius 2 is 1.74 bits per heavy atom. The monoisotopic (exact) mass is 307 g/mol. The van der Waals surface area contributed by atoms with Crippen molar-refractivity contribution in [3.05, 3.63) is 70.8 Å². The molecular formula is C20H21NO2. The van der Waals surface area contributed by atoms with Gasteiger partial charge in [-0.15, -0.1) is 0 Å². The van der Waals surface area contributed by atoms with E-state index in [0.29, 0.717) is 25.3 Å². The highest BCUT2D eigenvalue weighted by atomic mass is 16.3. The fourth-order valence-corrected chi connectivity index (χ4v) is 4.74. The van der Waals surface area contributed by atoms with Crippen LogP contribution in [0.2, 0.25) is 0 Å². The zero-order chi connectivity index (χ0) is 15.9. The van der Waals surface area contributed by atoms with Crippen LogP contribution in [-0.2, 0) is 10.2 Å². The average molecular weight is 307 g/mol. The first-order chi connectivity index (χ1) is 11.3. The Bertz CT molecular complexity index is 692. The molecule has 0 aromatic heterocycles. The maximum atomic E-state index is 10.5. The van der Waals surface area contributed by atoms with Crippen LogP contribution in [0.25, 0.3) is 0 Å². The number of hydrogen-bond acceptors (Lipinski definition) is 2. The van der Waals surface area contributed by atoms with Gasteiger partial charge in [0.15, 0.2) is 0 Å². The maximum absolute atomic E-state index is 10.5. The van der Waals surface area contributed by atoms with Crippen molar-refractivity contribution in [2.45, 2.75) is 36.7 Å². The minimum atomic E-state index is -0.545. The van der Waals surface area contributed by atoms with Crippen molar-refractivity contribution in [3.8, 4) is 0 Å². The Morgan fingerprint density at radius 1 is 1.13 bits per heavy atom. The first kappa shape index (κ1) is 14.5. The molecule has 0 fully saturated rings. The summed E-state index contributed by atoms with van der Waals surface area (Å²) < 4.78 is 0. The molecule has 0 radical (unpaired) electrons. The highest BCUT2D eigenvalue weighted by Gasteiger charge is 2.48. The van der Waals surface area contributed by atoms with Gasteiger partial charge in [-0.05, 0) is 41.5 Å². The maximum Gasteiger partial charge on any atom is 0.207 e. The summed E-state index contributed by atoms with van der Waals surface area (Å²) >= 11 is 0. The summed E-state index contributed by atoms with van der Waals surface area (Å²) in [5, 5.41) is 13.1. The Hall–Kier alpha value is -2.13. The Kier molecular flexibility index (Phi) is 3.46. The molecule has 1 amide bonds. The highest BCUT2D eigenvalue weighted by Crippen LogP contribution is 2.57. The van der Waals surface area contributed by atoms with E-state index in [1.54, 1.807) is 0 Å². The summed E-state index contributed by atoms with van der Waals surface area (Å²) in [6.07, 6.45) is 2.94. The normalized spacial score (nSPS) is 25.3. The molecule has 2 N–H and O–H groups in total. The third-order valence-corrected chi connectivity index (χ3v) is 5.58. The van der Waals surface area contributed by atoms with Gasteiger partial charge in [-0.2, -0.15) is 0 Å². The molecule has 3 aliphatic rings. The largest absolute Gasteiger partial charge is 0.391 e. The number of hydrogen-bond donors (Lipinski definition) is 2. The molecule has 23 heavy (non-hydrogen) atoms. The minimum Gasteiger partial charge on any atom is -0.391 e. The van der Waals surface area contributed by atoms with Gasteiger partial charge in [-0.3, -0.25) is 4.79 Å². The lowest BCUT2D eigenvalue weighted by atomic mass is 9.53. The molecule has 2 bridgehead atoms. The first-order valence-electron chi connectivity index (χ1n) is 8.30. The number of carbonyl (C=O) groups is 1. The number of benzene rings is 2. The Labute approximate surface area is 136 Å². The number of fused-ring (bicyclic) bond motifs is 1. The topological polar surface area (TPSA) is 49.3 Å². The van der Waals surface area contributed by atoms with Crippen molar-refractivity contribution in [1.29, 1.82) is 0 Å². The molecule has 0 spiro atoms. The molecule has 118 valence electrons. The molecule has 3 aliphatic carbocycles. The molecule has 5 rings (SSSR count). The van der Waals surface area contributed by atoms with Crippen molar-refractivity contribution in [3.63, 3.8) is 0 Å². The lowest BCUT2D eigenvalue weighted by Gasteiger charge is -2.50. The molecule has 0 saturated heterocycles. The summed E-state index contributed by atoms with van der Waals surface area (Å²) in [4.78, 5) is 10.5. The van der Waals surface area contributed by atoms with Gasteiger partial charge in [0.25, 0.3) is 0 Å². The van der Waals surface area contributed by atoms with Crippen molar-refractivity contribution in [2.75, 3.05) is 6.54 Å². The van der Waals surface area contributed by atoms with E-state index in [1.165, 1.54) is 22.3 Å². The van der Waals surface area contributed by atoms with E-state index >= 15 is 0 Å². The van der Waals surface area contributed by atoms with Crippen molar-refractivity contribution in [1.82, 2.24) is 5.32 Å². The summed E-state index contributed by atoms with van der Waals surface area (Å²) in [7, 11) is 0. The molecule has 2 aromatic carbocycles. The van der Waals surface area contributed by atoms with Crippen LogP contribution in [0, 0.1) is 0 Å². The fourth-order valence-electron chi connectivity index (χ4n) is 4.74. The van der Waals surface area contributed by atoms with Crippen LogP contribution >= 0.6 is 0 Å². The standard InChI is InChI=1S/C20H21NO2/c22-13-21-12-14(23)11-20-10-9-15(16-5-1-3-7-18(16)20)17-6-2-4-8-19(17)20/h1-8,13-15,23H,9-12H2,(H,21,22). The number of carbonyl (C=O) groups excluding carboxylic acids is 1. The number of aliphatic hydroxyl groups excluding tert-OH is 1. The van der Waals surface area contributed by atoms with Gasteiger partial charge in [0.05, 0.1) is 6.10 Å². The predicted molar refractivity (Wildman–Crippen MR) is 89.4 cm³/mol. The lowest BCUT2D eigenvalue weighted by molar-refractivity contribution is -0.110. The summed E-state index contributed by atoms with van der Waals surface area (Å²) in [5.74, 6) is 0.481. The SMILES string of the molecule is O=CNCC(O)CC12CCC(c3ccccc31)c1ccccc12. The van der Waals surface area contributed by atoms with Gasteiger partial charge in [0.1, 0.15) is 0 Å². The summed E-state index contributed by atoms with van der Waals surface area (Å²) in [5.41, 5.74) is 5.41. The lowest BCUT2D eigenvalue weighted by Crippen LogP contribution is -2.44. The van der Waals surface area contributed by atoms with E-state index in [2.05, 4.69) is 53.8 Å². The molecular weight excluding hydrogens is 286 g/mol. The van der Waals surface area contributed by atoms with Crippen LogP contribution in [0.3, 0.4) is 0 Å². The van der Waals surface area contributed by atoms with Gasteiger partial charge < -0.3 is 10.4 Å². The second-order valence-corrected chi connectivity index (χ2v) is 6.73. The van der Waals surface area contributed by atoms with E-state index < -0.39 is 6.10 Å². The molecule has 2 aromatic rings. The van der Waals surface area contributed by atoms with Crippen LogP contribution in [0.15, 0.2) is 48.5 Å². The zero-order valence-electron chi connectivity index (χ0n) is 13.0. The summed E-state index contributed by atoms with van der Waals surface area (Å²) in [6.45, 7) is 0.305. The number of nitrogens with one attached hydrogen (secondary N) is 1. The molecule has 1 atom stereocenters. The average Bonchev–Trinajstić information content (AvgIpc) is 2.61. The second-order valence-electron chi connectivity index (χ2n) is 6.73. The molecule has 0 heterocycles. The minimum absolute atomic E-state index is 0.133. The fraction of sp³-hybridized carbons (Fsp3) is 0.350. The number of rotatable bonds is 5. The Balaban J connectivity index is 1.83. The van der Waals surface area contributed by atoms with Crippen LogP contribution in [0.5, 0.6) is 0 Å². The zero-order valence-corrected chi connectivity index (χ0v) is 13.0. The third-order valence-electron chi connectivity index (χ3n) is 5.58. The van der Waals surface area contributed by atoms with Crippen molar-refractivity contribution in [2.24, 2.45) is 0 Å². The van der Waals surface area contributed by atoms with E-state index in [4.69, 9.17) is 0 Å². The van der Waals surface area contributed by atoms with Gasteiger partial charge in [0, 0.05) is 17.9 Å². The van der Waals surface area contributed by atoms with E-state index in [0.717, 1.165) is 12.8 Å². The van der Waals surface area contributed by atoms with Gasteiger partial charge in [-0.1, -0.05) is 48.5 Å².